The van der Waals surface area contributed by atoms with Gasteiger partial charge in [0.1, 0.15) is 12.8 Å². The SMILES string of the molecule is COC(=O)CC(=O)Cl.Nc1ccc2c(c1)C(=O)C(=O)c1cc(N)ccc1-2.Nc1ccc2c(c1)C(=O)C(=O)c1cc(NC(=O)CC(=O)O)ccc1-2. The van der Waals surface area contributed by atoms with Gasteiger partial charge in [-0.25, -0.2) is 0 Å². The van der Waals surface area contributed by atoms with Gasteiger partial charge in [0.15, 0.2) is 0 Å². The van der Waals surface area contributed by atoms with Crippen molar-refractivity contribution in [3.63, 3.8) is 0 Å². The van der Waals surface area contributed by atoms with E-state index in [1.165, 1.54) is 31.4 Å². The second kappa shape index (κ2) is 15.0. The molecule has 4 aromatic rings. The maximum absolute atomic E-state index is 12.3. The molecule has 0 radical (unpaired) electrons. The van der Waals surface area contributed by atoms with E-state index < -0.39 is 52.6 Å². The molecular weight excluding hydrogens is 672 g/mol. The number of anilines is 4. The molecule has 8 N–H and O–H groups in total. The first-order valence-corrected chi connectivity index (χ1v) is 14.8. The number of hydrogen-bond donors (Lipinski definition) is 5. The quantitative estimate of drug-likeness (QED) is 0.0651. The summed E-state index contributed by atoms with van der Waals surface area (Å²) in [6.07, 6.45) is -1.04. The average Bonchev–Trinajstić information content (AvgIpc) is 3.06. The first kappa shape index (κ1) is 36.2. The van der Waals surface area contributed by atoms with Crippen molar-refractivity contribution in [2.45, 2.75) is 12.8 Å². The van der Waals surface area contributed by atoms with Crippen LogP contribution in [0.25, 0.3) is 22.3 Å². The summed E-state index contributed by atoms with van der Waals surface area (Å²) >= 11 is 4.81. The largest absolute Gasteiger partial charge is 0.481 e. The Bertz CT molecular complexity index is 2080. The van der Waals surface area contributed by atoms with Crippen LogP contribution in [0.3, 0.4) is 0 Å². The molecule has 254 valence electrons. The van der Waals surface area contributed by atoms with Crippen LogP contribution in [0, 0.1) is 0 Å². The normalized spacial score (nSPS) is 12.0. The van der Waals surface area contributed by atoms with E-state index in [-0.39, 0.29) is 23.2 Å². The minimum atomic E-state index is -1.26. The maximum Gasteiger partial charge on any atom is 0.314 e. The number of nitrogens with two attached hydrogens (primary N) is 3. The van der Waals surface area contributed by atoms with Crippen molar-refractivity contribution in [2.75, 3.05) is 29.6 Å². The molecule has 4 aromatic carbocycles. The number of nitrogens with one attached hydrogen (secondary N) is 1. The highest BCUT2D eigenvalue weighted by Gasteiger charge is 2.32. The topological polar surface area (TPSA) is 256 Å². The van der Waals surface area contributed by atoms with E-state index in [2.05, 4.69) is 10.1 Å². The van der Waals surface area contributed by atoms with Crippen LogP contribution in [-0.4, -0.2) is 58.4 Å². The zero-order valence-corrected chi connectivity index (χ0v) is 26.8. The molecule has 0 heterocycles. The highest BCUT2D eigenvalue weighted by atomic mass is 35.5. The Labute approximate surface area is 288 Å². The number of carbonyl (C=O) groups excluding carboxylic acids is 7. The van der Waals surface area contributed by atoms with Crippen LogP contribution in [0.15, 0.2) is 72.8 Å². The second-order valence-corrected chi connectivity index (χ2v) is 11.1. The van der Waals surface area contributed by atoms with Gasteiger partial charge in [-0.1, -0.05) is 24.3 Å². The number of carbonyl (C=O) groups is 8. The third kappa shape index (κ3) is 8.06. The molecule has 0 saturated heterocycles. The van der Waals surface area contributed by atoms with E-state index in [0.717, 1.165) is 11.1 Å². The van der Waals surface area contributed by atoms with Gasteiger partial charge in [-0.15, -0.1) is 0 Å². The standard InChI is InChI=1S/C17H12N2O5.C14H10N2O2.C4H5ClO3/c18-8-1-3-10-11-4-2-9(19-14(20)7-15(21)22)6-13(11)17(24)16(23)12(10)5-8;15-7-1-3-9-10-4-2-8(16)6-12(10)14(18)13(17)11(9)5-7;1-8-4(7)2-3(5)6/h1-6H,7,18H2,(H,19,20)(H,21,22);1-6H,15-16H2;2H2,1H3. The number of benzene rings is 4. The van der Waals surface area contributed by atoms with E-state index in [9.17, 15) is 38.4 Å². The molecule has 0 fully saturated rings. The van der Waals surface area contributed by atoms with Crippen molar-refractivity contribution in [3.8, 4) is 22.3 Å². The van der Waals surface area contributed by atoms with Gasteiger partial charge in [0.2, 0.25) is 34.3 Å². The number of aliphatic carboxylic acids is 1. The van der Waals surface area contributed by atoms with Crippen LogP contribution in [0.2, 0.25) is 0 Å². The number of carboxylic acids is 1. The summed E-state index contributed by atoms with van der Waals surface area (Å²) in [6.45, 7) is 0. The maximum atomic E-state index is 12.3. The Hall–Kier alpha value is -6.67. The number of Topliss-reactive ketones (excluding diaryl/α,β-unsaturated/α-hetero) is 4. The van der Waals surface area contributed by atoms with E-state index in [0.29, 0.717) is 39.3 Å². The highest BCUT2D eigenvalue weighted by Crippen LogP contribution is 2.37. The van der Waals surface area contributed by atoms with Gasteiger partial charge >= 0.3 is 11.9 Å². The number of carboxylic acid groups (broad SMARTS) is 1. The monoisotopic (exact) mass is 698 g/mol. The van der Waals surface area contributed by atoms with Gasteiger partial charge in [0, 0.05) is 45.0 Å². The lowest BCUT2D eigenvalue weighted by atomic mass is 9.83. The zero-order chi connectivity index (χ0) is 36.9. The zero-order valence-electron chi connectivity index (χ0n) is 26.1. The third-order valence-corrected chi connectivity index (χ3v) is 7.36. The first-order valence-electron chi connectivity index (χ1n) is 14.4. The summed E-state index contributed by atoms with van der Waals surface area (Å²) in [5, 5.41) is 10.3. The lowest BCUT2D eigenvalue weighted by Gasteiger charge is -2.19. The van der Waals surface area contributed by atoms with Crippen LogP contribution in [-0.2, 0) is 23.9 Å². The molecule has 0 unspecified atom stereocenters. The fourth-order valence-electron chi connectivity index (χ4n) is 5.02. The number of amides is 1. The molecule has 0 aliphatic heterocycles. The summed E-state index contributed by atoms with van der Waals surface area (Å²) in [5.41, 5.74) is 22.3. The molecule has 0 bridgehead atoms. The van der Waals surface area contributed by atoms with E-state index >= 15 is 0 Å². The third-order valence-electron chi connectivity index (χ3n) is 7.23. The Morgan fingerprint density at radius 3 is 1.28 bits per heavy atom. The van der Waals surface area contributed by atoms with Gasteiger partial charge in [-0.2, -0.15) is 0 Å². The van der Waals surface area contributed by atoms with Crippen LogP contribution in [0.1, 0.15) is 54.3 Å². The molecule has 0 atom stereocenters. The number of nitrogen functional groups attached to an aromatic ring is 3. The van der Waals surface area contributed by atoms with Crippen LogP contribution in [0.4, 0.5) is 22.7 Å². The molecule has 50 heavy (non-hydrogen) atoms. The van der Waals surface area contributed by atoms with Crippen molar-refractivity contribution < 1.29 is 48.2 Å². The van der Waals surface area contributed by atoms with Gasteiger partial charge in [-0.05, 0) is 82.4 Å². The Morgan fingerprint density at radius 1 is 0.600 bits per heavy atom. The smallest absolute Gasteiger partial charge is 0.314 e. The average molecular weight is 699 g/mol. The number of fused-ring (bicyclic) bond motifs is 6. The summed E-state index contributed by atoms with van der Waals surface area (Å²) < 4.78 is 4.12. The molecule has 6 rings (SSSR count). The van der Waals surface area contributed by atoms with E-state index in [1.54, 1.807) is 48.5 Å². The van der Waals surface area contributed by atoms with Crippen LogP contribution >= 0.6 is 11.6 Å². The van der Waals surface area contributed by atoms with E-state index in [1.807, 2.05) is 0 Å². The number of halogens is 1. The van der Waals surface area contributed by atoms with Gasteiger partial charge < -0.3 is 32.4 Å². The number of hydrogen-bond acceptors (Lipinski definition) is 12. The number of ether oxygens (including phenoxy) is 1. The highest BCUT2D eigenvalue weighted by molar-refractivity contribution is 6.64. The molecular formula is C35H27ClN4O10. The second-order valence-electron chi connectivity index (χ2n) is 10.7. The number of methoxy groups -OCH3 is 1. The number of ketones is 4. The molecule has 15 heteroatoms. The van der Waals surface area contributed by atoms with Crippen molar-refractivity contribution in [2.24, 2.45) is 0 Å². The molecule has 1 amide bonds. The summed E-state index contributed by atoms with van der Waals surface area (Å²) in [6, 6.07) is 19.3. The minimum absolute atomic E-state index is 0.158. The lowest BCUT2D eigenvalue weighted by molar-refractivity contribution is -0.142. The molecule has 0 saturated carbocycles. The Kier molecular flexibility index (Phi) is 10.9. The Morgan fingerprint density at radius 2 is 0.960 bits per heavy atom. The van der Waals surface area contributed by atoms with Crippen LogP contribution in [0.5, 0.6) is 0 Å². The fourth-order valence-corrected chi connectivity index (χ4v) is 5.13. The first-order chi connectivity index (χ1) is 23.6. The minimum Gasteiger partial charge on any atom is -0.481 e. The molecule has 2 aliphatic rings. The van der Waals surface area contributed by atoms with Gasteiger partial charge in [-0.3, -0.25) is 38.4 Å². The van der Waals surface area contributed by atoms with Crippen LogP contribution < -0.4 is 22.5 Å². The van der Waals surface area contributed by atoms with Crippen molar-refractivity contribution in [3.05, 3.63) is 95.1 Å². The molecule has 14 nitrogen and oxygen atoms in total. The Balaban J connectivity index is 0.000000190. The molecule has 0 spiro atoms. The predicted molar refractivity (Wildman–Crippen MR) is 183 cm³/mol. The fraction of sp³-hybridized carbons (Fsp3) is 0.0857. The summed E-state index contributed by atoms with van der Waals surface area (Å²) in [4.78, 5) is 90.6. The number of esters is 1. The summed E-state index contributed by atoms with van der Waals surface area (Å²) in [7, 11) is 1.20. The van der Waals surface area contributed by atoms with Crippen molar-refractivity contribution in [1.82, 2.24) is 0 Å². The van der Waals surface area contributed by atoms with Crippen molar-refractivity contribution in [1.29, 1.82) is 0 Å². The van der Waals surface area contributed by atoms with Gasteiger partial charge in [0.05, 0.1) is 7.11 Å². The summed E-state index contributed by atoms with van der Waals surface area (Å²) in [5.74, 6) is -5.01. The van der Waals surface area contributed by atoms with Crippen molar-refractivity contribution >= 4 is 80.6 Å². The van der Waals surface area contributed by atoms with Gasteiger partial charge in [0.25, 0.3) is 0 Å². The number of rotatable bonds is 5. The molecule has 0 aromatic heterocycles. The predicted octanol–water partition coefficient (Wildman–Crippen LogP) is 3.94. The molecule has 2 aliphatic carbocycles. The van der Waals surface area contributed by atoms with E-state index in [4.69, 9.17) is 33.9 Å². The lowest BCUT2D eigenvalue weighted by Crippen LogP contribution is -2.22.